The molecule has 1 aromatic rings. The van der Waals surface area contributed by atoms with Crippen LogP contribution in [0.2, 0.25) is 0 Å². The van der Waals surface area contributed by atoms with E-state index in [1.165, 1.54) is 0 Å². The topological polar surface area (TPSA) is 41.0 Å². The highest BCUT2D eigenvalue weighted by atomic mass is 15.2. The Morgan fingerprint density at radius 1 is 1.29 bits per heavy atom. The number of rotatable bonds is 5. The smallest absolute Gasteiger partial charge is 0.150 e. The Kier molecular flexibility index (Phi) is 4.32. The predicted molar refractivity (Wildman–Crippen MR) is 58.4 cm³/mol. The molecule has 0 unspecified atom stereocenters. The fourth-order valence-electron chi connectivity index (χ4n) is 1.07. The standard InChI is InChI=1S/C10H18N4/c1-4-11-8-9-6-7-10(13-12-9)14(3)5-2/h6-7,11H,4-5,8H2,1-3H3. The molecule has 1 N–H and O–H groups in total. The SMILES string of the molecule is CCNCc1ccc(N(C)CC)nn1. The number of aromatic nitrogens is 2. The van der Waals surface area contributed by atoms with Gasteiger partial charge in [0.25, 0.3) is 0 Å². The Morgan fingerprint density at radius 3 is 2.57 bits per heavy atom. The van der Waals surface area contributed by atoms with Gasteiger partial charge in [-0.05, 0) is 25.6 Å². The van der Waals surface area contributed by atoms with Crippen molar-refractivity contribution in [3.63, 3.8) is 0 Å². The van der Waals surface area contributed by atoms with E-state index in [1.54, 1.807) is 0 Å². The van der Waals surface area contributed by atoms with Crippen LogP contribution in [0.25, 0.3) is 0 Å². The van der Waals surface area contributed by atoms with Crippen LogP contribution in [-0.2, 0) is 6.54 Å². The Morgan fingerprint density at radius 2 is 2.07 bits per heavy atom. The summed E-state index contributed by atoms with van der Waals surface area (Å²) < 4.78 is 0. The molecule has 4 nitrogen and oxygen atoms in total. The van der Waals surface area contributed by atoms with Crippen LogP contribution in [-0.4, -0.2) is 30.3 Å². The zero-order valence-corrected chi connectivity index (χ0v) is 9.12. The highest BCUT2D eigenvalue weighted by molar-refractivity contribution is 5.35. The van der Waals surface area contributed by atoms with Gasteiger partial charge in [-0.15, -0.1) is 5.10 Å². The minimum absolute atomic E-state index is 0.791. The lowest BCUT2D eigenvalue weighted by molar-refractivity contribution is 0.697. The van der Waals surface area contributed by atoms with Crippen molar-refractivity contribution in [1.82, 2.24) is 15.5 Å². The van der Waals surface area contributed by atoms with Crippen molar-refractivity contribution >= 4 is 5.82 Å². The van der Waals surface area contributed by atoms with Crippen LogP contribution in [0.5, 0.6) is 0 Å². The number of nitrogens with zero attached hydrogens (tertiary/aromatic N) is 3. The van der Waals surface area contributed by atoms with Gasteiger partial charge in [0.15, 0.2) is 5.82 Å². The fourth-order valence-corrected chi connectivity index (χ4v) is 1.07. The molecule has 78 valence electrons. The second kappa shape index (κ2) is 5.54. The summed E-state index contributed by atoms with van der Waals surface area (Å²) in [6.45, 7) is 6.86. The molecule has 0 atom stereocenters. The third-order valence-electron chi connectivity index (χ3n) is 2.13. The molecule has 0 saturated carbocycles. The molecule has 1 rings (SSSR count). The van der Waals surface area contributed by atoms with Gasteiger partial charge in [0.2, 0.25) is 0 Å². The molecule has 0 fully saturated rings. The van der Waals surface area contributed by atoms with E-state index in [1.807, 2.05) is 19.2 Å². The quantitative estimate of drug-likeness (QED) is 0.760. The lowest BCUT2D eigenvalue weighted by atomic mass is 10.3. The van der Waals surface area contributed by atoms with Gasteiger partial charge in [-0.1, -0.05) is 6.92 Å². The maximum Gasteiger partial charge on any atom is 0.150 e. The van der Waals surface area contributed by atoms with Crippen molar-refractivity contribution in [3.8, 4) is 0 Å². The molecule has 0 amide bonds. The van der Waals surface area contributed by atoms with Gasteiger partial charge in [-0.25, -0.2) is 0 Å². The van der Waals surface area contributed by atoms with E-state index in [0.717, 1.165) is 31.1 Å². The lowest BCUT2D eigenvalue weighted by Crippen LogP contribution is -2.19. The van der Waals surface area contributed by atoms with Gasteiger partial charge in [-0.2, -0.15) is 5.10 Å². The second-order valence-electron chi connectivity index (χ2n) is 3.18. The summed E-state index contributed by atoms with van der Waals surface area (Å²) in [6, 6.07) is 4.01. The third-order valence-corrected chi connectivity index (χ3v) is 2.13. The first kappa shape index (κ1) is 10.9. The summed E-state index contributed by atoms with van der Waals surface area (Å²) >= 11 is 0. The van der Waals surface area contributed by atoms with Crippen LogP contribution in [0.1, 0.15) is 19.5 Å². The van der Waals surface area contributed by atoms with Crippen LogP contribution in [0, 0.1) is 0 Å². The molecule has 0 bridgehead atoms. The average Bonchev–Trinajstić information content (AvgIpc) is 2.26. The first-order valence-electron chi connectivity index (χ1n) is 5.02. The van der Waals surface area contributed by atoms with Gasteiger partial charge in [0.1, 0.15) is 0 Å². The van der Waals surface area contributed by atoms with Crippen LogP contribution in [0.3, 0.4) is 0 Å². The summed E-state index contributed by atoms with van der Waals surface area (Å²) in [5.41, 5.74) is 0.986. The first-order chi connectivity index (χ1) is 6.77. The van der Waals surface area contributed by atoms with Gasteiger partial charge >= 0.3 is 0 Å². The number of hydrogen-bond donors (Lipinski definition) is 1. The van der Waals surface area contributed by atoms with E-state index < -0.39 is 0 Å². The molecule has 0 radical (unpaired) electrons. The average molecular weight is 194 g/mol. The minimum Gasteiger partial charge on any atom is -0.358 e. The highest BCUT2D eigenvalue weighted by Crippen LogP contribution is 2.06. The summed E-state index contributed by atoms with van der Waals surface area (Å²) in [6.07, 6.45) is 0. The summed E-state index contributed by atoms with van der Waals surface area (Å²) in [5.74, 6) is 0.924. The zero-order valence-electron chi connectivity index (χ0n) is 9.12. The molecule has 0 saturated heterocycles. The van der Waals surface area contributed by atoms with Gasteiger partial charge in [0.05, 0.1) is 5.69 Å². The maximum atomic E-state index is 4.14. The van der Waals surface area contributed by atoms with Crippen molar-refractivity contribution < 1.29 is 0 Å². The first-order valence-corrected chi connectivity index (χ1v) is 5.02. The van der Waals surface area contributed by atoms with E-state index in [4.69, 9.17) is 0 Å². The van der Waals surface area contributed by atoms with Crippen molar-refractivity contribution in [3.05, 3.63) is 17.8 Å². The Bertz CT molecular complexity index is 257. The van der Waals surface area contributed by atoms with E-state index in [2.05, 4.69) is 34.3 Å². The molecule has 4 heteroatoms. The van der Waals surface area contributed by atoms with E-state index in [0.29, 0.717) is 0 Å². The number of hydrogen-bond acceptors (Lipinski definition) is 4. The molecule has 1 heterocycles. The Labute approximate surface area is 85.3 Å². The van der Waals surface area contributed by atoms with Gasteiger partial charge in [-0.3, -0.25) is 0 Å². The summed E-state index contributed by atoms with van der Waals surface area (Å²) in [5, 5.41) is 11.5. The van der Waals surface area contributed by atoms with Crippen LogP contribution >= 0.6 is 0 Å². The molecule has 0 aromatic carbocycles. The minimum atomic E-state index is 0.791. The van der Waals surface area contributed by atoms with Crippen molar-refractivity contribution in [2.45, 2.75) is 20.4 Å². The predicted octanol–water partition coefficient (Wildman–Crippen LogP) is 1.04. The fraction of sp³-hybridized carbons (Fsp3) is 0.600. The van der Waals surface area contributed by atoms with E-state index in [-0.39, 0.29) is 0 Å². The summed E-state index contributed by atoms with van der Waals surface area (Å²) in [4.78, 5) is 2.06. The van der Waals surface area contributed by atoms with Crippen LogP contribution < -0.4 is 10.2 Å². The Balaban J connectivity index is 2.59. The van der Waals surface area contributed by atoms with E-state index in [9.17, 15) is 0 Å². The summed E-state index contributed by atoms with van der Waals surface area (Å²) in [7, 11) is 2.01. The highest BCUT2D eigenvalue weighted by Gasteiger charge is 2.00. The Hall–Kier alpha value is -1.16. The van der Waals surface area contributed by atoms with Gasteiger partial charge in [0, 0.05) is 20.1 Å². The van der Waals surface area contributed by atoms with Crippen molar-refractivity contribution in [1.29, 1.82) is 0 Å². The van der Waals surface area contributed by atoms with Crippen LogP contribution in [0.15, 0.2) is 12.1 Å². The van der Waals surface area contributed by atoms with E-state index >= 15 is 0 Å². The molecule has 1 aromatic heterocycles. The molecule has 0 aliphatic rings. The monoisotopic (exact) mass is 194 g/mol. The zero-order chi connectivity index (χ0) is 10.4. The molecular formula is C10H18N4. The van der Waals surface area contributed by atoms with Crippen molar-refractivity contribution in [2.24, 2.45) is 0 Å². The molecule has 0 spiro atoms. The number of anilines is 1. The molecule has 0 aliphatic heterocycles. The lowest BCUT2D eigenvalue weighted by Gasteiger charge is -2.14. The maximum absolute atomic E-state index is 4.14. The van der Waals surface area contributed by atoms with Crippen molar-refractivity contribution in [2.75, 3.05) is 25.0 Å². The second-order valence-corrected chi connectivity index (χ2v) is 3.18. The number of nitrogens with one attached hydrogen (secondary N) is 1. The third kappa shape index (κ3) is 2.96. The largest absolute Gasteiger partial charge is 0.358 e. The normalized spacial score (nSPS) is 10.2. The van der Waals surface area contributed by atoms with Gasteiger partial charge < -0.3 is 10.2 Å². The van der Waals surface area contributed by atoms with Crippen LogP contribution in [0.4, 0.5) is 5.82 Å². The molecule has 14 heavy (non-hydrogen) atoms. The molecular weight excluding hydrogens is 176 g/mol. The molecule has 0 aliphatic carbocycles.